The topological polar surface area (TPSA) is 75.0 Å². The maximum atomic E-state index is 13.2. The number of ether oxygens (including phenoxy) is 3. The molecular formula is C24H22O6. The molecule has 1 heterocycles. The highest BCUT2D eigenvalue weighted by Crippen LogP contribution is 2.35. The van der Waals surface area contributed by atoms with Gasteiger partial charge >= 0.3 is 5.97 Å². The van der Waals surface area contributed by atoms with Gasteiger partial charge in [0.05, 0.1) is 32.3 Å². The molecule has 2 aromatic carbocycles. The summed E-state index contributed by atoms with van der Waals surface area (Å²) in [6, 6.07) is 10.3. The summed E-state index contributed by atoms with van der Waals surface area (Å²) in [5, 5.41) is 0.386. The van der Waals surface area contributed by atoms with Crippen molar-refractivity contribution in [3.05, 3.63) is 69.1 Å². The van der Waals surface area contributed by atoms with Crippen LogP contribution in [0.2, 0.25) is 0 Å². The van der Waals surface area contributed by atoms with Gasteiger partial charge in [0, 0.05) is 11.1 Å². The number of allylic oxidation sites excluding steroid dienone is 1. The molecule has 0 spiro atoms. The summed E-state index contributed by atoms with van der Waals surface area (Å²) in [4.78, 5) is 25.0. The van der Waals surface area contributed by atoms with Crippen LogP contribution in [0.5, 0.6) is 11.5 Å². The van der Waals surface area contributed by atoms with E-state index in [4.69, 9.17) is 18.6 Å². The Balaban J connectivity index is 1.88. The highest BCUT2D eigenvalue weighted by molar-refractivity contribution is 5.94. The molecule has 0 radical (unpaired) electrons. The smallest absolute Gasteiger partial charge is 0.337 e. The van der Waals surface area contributed by atoms with Crippen LogP contribution in [0.3, 0.4) is 0 Å². The summed E-state index contributed by atoms with van der Waals surface area (Å²) in [5.74, 6) is 1.53. The SMILES string of the molecule is COC(=O)c1ccc2oc3c(c(=O)c2c1)CCCC3=Cc1cc(OC)ccc1OC. The second-order valence-corrected chi connectivity index (χ2v) is 7.07. The number of esters is 1. The van der Waals surface area contributed by atoms with Gasteiger partial charge in [-0.3, -0.25) is 4.79 Å². The van der Waals surface area contributed by atoms with E-state index in [1.165, 1.54) is 13.2 Å². The van der Waals surface area contributed by atoms with Gasteiger partial charge in [-0.1, -0.05) is 0 Å². The van der Waals surface area contributed by atoms with Crippen molar-refractivity contribution in [2.24, 2.45) is 0 Å². The fourth-order valence-electron chi connectivity index (χ4n) is 3.81. The lowest BCUT2D eigenvalue weighted by Gasteiger charge is -2.18. The molecule has 1 aliphatic rings. The molecule has 3 aromatic rings. The molecule has 0 saturated carbocycles. The molecular weight excluding hydrogens is 384 g/mol. The van der Waals surface area contributed by atoms with Crippen LogP contribution in [0.15, 0.2) is 45.6 Å². The summed E-state index contributed by atoms with van der Waals surface area (Å²) >= 11 is 0. The van der Waals surface area contributed by atoms with Crippen LogP contribution >= 0.6 is 0 Å². The van der Waals surface area contributed by atoms with Gasteiger partial charge in [0.25, 0.3) is 0 Å². The normalized spacial score (nSPS) is 14.4. The molecule has 0 saturated heterocycles. The molecule has 0 atom stereocenters. The second kappa shape index (κ2) is 8.06. The Kier molecular flexibility index (Phi) is 5.31. The van der Waals surface area contributed by atoms with Gasteiger partial charge in [-0.2, -0.15) is 0 Å². The van der Waals surface area contributed by atoms with E-state index in [0.29, 0.717) is 45.8 Å². The van der Waals surface area contributed by atoms with Crippen LogP contribution in [0.25, 0.3) is 22.6 Å². The summed E-state index contributed by atoms with van der Waals surface area (Å²) in [6.45, 7) is 0. The van der Waals surface area contributed by atoms with Gasteiger partial charge < -0.3 is 18.6 Å². The minimum Gasteiger partial charge on any atom is -0.497 e. The number of hydrogen-bond acceptors (Lipinski definition) is 6. The number of rotatable bonds is 4. The van der Waals surface area contributed by atoms with E-state index in [2.05, 4.69) is 0 Å². The maximum absolute atomic E-state index is 13.2. The Hall–Kier alpha value is -3.54. The van der Waals surface area contributed by atoms with Gasteiger partial charge in [-0.25, -0.2) is 4.79 Å². The van der Waals surface area contributed by atoms with Crippen molar-refractivity contribution in [2.75, 3.05) is 21.3 Å². The van der Waals surface area contributed by atoms with Gasteiger partial charge in [0.1, 0.15) is 22.8 Å². The largest absolute Gasteiger partial charge is 0.497 e. The van der Waals surface area contributed by atoms with Crippen molar-refractivity contribution in [3.8, 4) is 11.5 Å². The van der Waals surface area contributed by atoms with Crippen LogP contribution in [0.4, 0.5) is 0 Å². The molecule has 0 N–H and O–H groups in total. The highest BCUT2D eigenvalue weighted by Gasteiger charge is 2.23. The standard InChI is InChI=1S/C24H22O6/c1-27-17-8-10-20(28-2)16(12-17)11-14-5-4-6-18-22(25)19-13-15(24(26)29-3)7-9-21(19)30-23(14)18/h7-13H,4-6H2,1-3H3. The zero-order chi connectivity index (χ0) is 21.3. The van der Waals surface area contributed by atoms with Crippen LogP contribution in [0, 0.1) is 0 Å². The summed E-state index contributed by atoms with van der Waals surface area (Å²) < 4.78 is 21.7. The summed E-state index contributed by atoms with van der Waals surface area (Å²) in [6.07, 6.45) is 4.22. The van der Waals surface area contributed by atoms with Crippen molar-refractivity contribution in [3.63, 3.8) is 0 Å². The van der Waals surface area contributed by atoms with E-state index in [-0.39, 0.29) is 5.43 Å². The number of hydrogen-bond donors (Lipinski definition) is 0. The molecule has 154 valence electrons. The summed E-state index contributed by atoms with van der Waals surface area (Å²) in [7, 11) is 4.54. The minimum absolute atomic E-state index is 0.111. The molecule has 6 heteroatoms. The van der Waals surface area contributed by atoms with Gasteiger partial charge in [0.2, 0.25) is 0 Å². The van der Waals surface area contributed by atoms with Crippen LogP contribution in [-0.2, 0) is 11.2 Å². The predicted molar refractivity (Wildman–Crippen MR) is 114 cm³/mol. The highest BCUT2D eigenvalue weighted by atomic mass is 16.5. The molecule has 6 nitrogen and oxygen atoms in total. The lowest BCUT2D eigenvalue weighted by Crippen LogP contribution is -2.16. The number of carbonyl (C=O) groups is 1. The number of benzene rings is 2. The van der Waals surface area contributed by atoms with E-state index < -0.39 is 5.97 Å². The Labute approximate surface area is 173 Å². The lowest BCUT2D eigenvalue weighted by atomic mass is 9.90. The first kappa shape index (κ1) is 19.8. The molecule has 30 heavy (non-hydrogen) atoms. The third-order valence-electron chi connectivity index (χ3n) is 5.34. The molecule has 0 bridgehead atoms. The zero-order valence-corrected chi connectivity index (χ0v) is 17.1. The predicted octanol–water partition coefficient (Wildman–Crippen LogP) is 4.47. The van der Waals surface area contributed by atoms with Crippen molar-refractivity contribution >= 4 is 28.6 Å². The number of fused-ring (bicyclic) bond motifs is 2. The average molecular weight is 406 g/mol. The first-order valence-corrected chi connectivity index (χ1v) is 9.66. The van der Waals surface area contributed by atoms with Gasteiger partial charge in [0.15, 0.2) is 5.43 Å². The van der Waals surface area contributed by atoms with Crippen molar-refractivity contribution < 1.29 is 23.4 Å². The zero-order valence-electron chi connectivity index (χ0n) is 17.1. The molecule has 0 amide bonds. The van der Waals surface area contributed by atoms with Crippen LogP contribution in [0.1, 0.15) is 40.1 Å². The van der Waals surface area contributed by atoms with Gasteiger partial charge in [-0.05, 0) is 67.3 Å². The summed E-state index contributed by atoms with van der Waals surface area (Å²) in [5.41, 5.74) is 3.06. The first-order chi connectivity index (χ1) is 14.5. The molecule has 0 unspecified atom stereocenters. The van der Waals surface area contributed by atoms with E-state index in [1.54, 1.807) is 26.4 Å². The van der Waals surface area contributed by atoms with Gasteiger partial charge in [-0.15, -0.1) is 0 Å². The van der Waals surface area contributed by atoms with E-state index in [9.17, 15) is 9.59 Å². The van der Waals surface area contributed by atoms with Crippen LogP contribution < -0.4 is 14.9 Å². The van der Waals surface area contributed by atoms with Crippen molar-refractivity contribution in [1.29, 1.82) is 0 Å². The maximum Gasteiger partial charge on any atom is 0.337 e. The van der Waals surface area contributed by atoms with E-state index in [1.807, 2.05) is 24.3 Å². The first-order valence-electron chi connectivity index (χ1n) is 9.66. The van der Waals surface area contributed by atoms with Crippen molar-refractivity contribution in [1.82, 2.24) is 0 Å². The lowest BCUT2D eigenvalue weighted by molar-refractivity contribution is 0.0601. The molecule has 1 aliphatic carbocycles. The Morgan fingerprint density at radius 2 is 1.87 bits per heavy atom. The van der Waals surface area contributed by atoms with E-state index >= 15 is 0 Å². The quantitative estimate of drug-likeness (QED) is 0.595. The Morgan fingerprint density at radius 1 is 1.03 bits per heavy atom. The van der Waals surface area contributed by atoms with Crippen LogP contribution in [-0.4, -0.2) is 27.3 Å². The molecule has 0 fully saturated rings. The number of carbonyl (C=O) groups excluding carboxylic acids is 1. The fraction of sp³-hybridized carbons (Fsp3) is 0.250. The average Bonchev–Trinajstić information content (AvgIpc) is 2.79. The third-order valence-corrected chi connectivity index (χ3v) is 5.34. The Bertz CT molecular complexity index is 1220. The van der Waals surface area contributed by atoms with E-state index in [0.717, 1.165) is 24.0 Å². The van der Waals surface area contributed by atoms with Crippen molar-refractivity contribution in [2.45, 2.75) is 19.3 Å². The fourth-order valence-corrected chi connectivity index (χ4v) is 3.81. The Morgan fingerprint density at radius 3 is 2.60 bits per heavy atom. The molecule has 1 aromatic heterocycles. The number of methoxy groups -OCH3 is 3. The molecule has 0 aliphatic heterocycles. The third kappa shape index (κ3) is 3.45. The minimum atomic E-state index is -0.486. The molecule has 4 rings (SSSR count). The monoisotopic (exact) mass is 406 g/mol. The second-order valence-electron chi connectivity index (χ2n) is 7.07.